The summed E-state index contributed by atoms with van der Waals surface area (Å²) >= 11 is 0. The highest BCUT2D eigenvalue weighted by Crippen LogP contribution is 1.95. The van der Waals surface area contributed by atoms with E-state index in [0.29, 0.717) is 0 Å². The van der Waals surface area contributed by atoms with Crippen molar-refractivity contribution < 1.29 is 24.9 Å². The highest BCUT2D eigenvalue weighted by Gasteiger charge is 2.26. The van der Waals surface area contributed by atoms with Gasteiger partial charge >= 0.3 is 0 Å². The van der Waals surface area contributed by atoms with Gasteiger partial charge in [-0.2, -0.15) is 0 Å². The molecule has 0 aromatic rings. The Labute approximate surface area is 63.3 Å². The van der Waals surface area contributed by atoms with Crippen molar-refractivity contribution >= 4 is 11.6 Å². The number of Topliss-reactive ketones (excluding diaryl/α,β-unsaturated/α-hetero) is 2. The maximum Gasteiger partial charge on any atom is 0.189 e. The Morgan fingerprint density at radius 1 is 1.27 bits per heavy atom. The Morgan fingerprint density at radius 3 is 2.00 bits per heavy atom. The van der Waals surface area contributed by atoms with Crippen molar-refractivity contribution in [3.63, 3.8) is 0 Å². The monoisotopic (exact) mass is 162 g/mol. The third-order valence-electron chi connectivity index (χ3n) is 1.20. The van der Waals surface area contributed by atoms with E-state index in [1.807, 2.05) is 0 Å². The van der Waals surface area contributed by atoms with Crippen LogP contribution in [0.5, 0.6) is 0 Å². The topological polar surface area (TPSA) is 94.8 Å². The minimum absolute atomic E-state index is 0.709. The van der Waals surface area contributed by atoms with E-state index < -0.39 is 30.4 Å². The van der Waals surface area contributed by atoms with Gasteiger partial charge in [0.25, 0.3) is 0 Å². The molecule has 0 aromatic heterocycles. The molecule has 3 N–H and O–H groups in total. The van der Waals surface area contributed by atoms with Gasteiger partial charge < -0.3 is 15.3 Å². The summed E-state index contributed by atoms with van der Waals surface area (Å²) in [5.41, 5.74) is 0. The maximum atomic E-state index is 10.4. The van der Waals surface area contributed by atoms with Crippen molar-refractivity contribution in [1.29, 1.82) is 0 Å². The first kappa shape index (κ1) is 10.2. The summed E-state index contributed by atoms with van der Waals surface area (Å²) in [5.74, 6) is -1.67. The van der Waals surface area contributed by atoms with Gasteiger partial charge in [-0.05, 0) is 6.92 Å². The lowest BCUT2D eigenvalue weighted by atomic mass is 10.1. The Balaban J connectivity index is 4.12. The van der Waals surface area contributed by atoms with E-state index in [1.165, 1.54) is 0 Å². The molecule has 2 atom stereocenters. The number of rotatable bonds is 4. The molecule has 0 spiro atoms. The van der Waals surface area contributed by atoms with E-state index in [2.05, 4.69) is 0 Å². The molecule has 5 nitrogen and oxygen atoms in total. The molecule has 0 bridgehead atoms. The standard InChI is InChI=1S/C6H10O5/c1-3(8)5(10)6(11)4(9)2-7/h5-7,10-11H,2H2,1H3. The molecule has 5 heteroatoms. The van der Waals surface area contributed by atoms with Crippen molar-refractivity contribution in [3.05, 3.63) is 0 Å². The minimum Gasteiger partial charge on any atom is -0.388 e. The van der Waals surface area contributed by atoms with Crippen molar-refractivity contribution in [2.75, 3.05) is 6.61 Å². The summed E-state index contributed by atoms with van der Waals surface area (Å²) in [6, 6.07) is 0. The number of hydrogen-bond donors (Lipinski definition) is 3. The molecular formula is C6H10O5. The molecule has 0 fully saturated rings. The fourth-order valence-corrected chi connectivity index (χ4v) is 0.492. The first-order valence-electron chi connectivity index (χ1n) is 3.01. The van der Waals surface area contributed by atoms with Gasteiger partial charge in [-0.15, -0.1) is 0 Å². The normalized spacial score (nSPS) is 15.6. The summed E-state index contributed by atoms with van der Waals surface area (Å²) in [6.45, 7) is 0.157. The molecule has 0 amide bonds. The third-order valence-corrected chi connectivity index (χ3v) is 1.20. The summed E-state index contributed by atoms with van der Waals surface area (Å²) in [4.78, 5) is 20.8. The second-order valence-electron chi connectivity index (χ2n) is 2.12. The van der Waals surface area contributed by atoms with Gasteiger partial charge in [-0.25, -0.2) is 0 Å². The molecule has 0 radical (unpaired) electrons. The van der Waals surface area contributed by atoms with E-state index >= 15 is 0 Å². The molecule has 0 aliphatic heterocycles. The molecule has 0 saturated heterocycles. The number of hydrogen-bond acceptors (Lipinski definition) is 5. The number of carbonyl (C=O) groups excluding carboxylic acids is 2. The van der Waals surface area contributed by atoms with Crippen LogP contribution in [0, 0.1) is 0 Å². The van der Waals surface area contributed by atoms with E-state index in [0.717, 1.165) is 6.92 Å². The van der Waals surface area contributed by atoms with E-state index in [1.54, 1.807) is 0 Å². The summed E-state index contributed by atoms with van der Waals surface area (Å²) in [6.07, 6.45) is -3.54. The SMILES string of the molecule is CC(=O)C(O)C(O)C(=O)CO. The Kier molecular flexibility index (Phi) is 3.88. The quantitative estimate of drug-likeness (QED) is 0.438. The van der Waals surface area contributed by atoms with Gasteiger partial charge in [-0.1, -0.05) is 0 Å². The second kappa shape index (κ2) is 4.17. The number of carbonyl (C=O) groups is 2. The maximum absolute atomic E-state index is 10.4. The lowest BCUT2D eigenvalue weighted by Crippen LogP contribution is -2.39. The largest absolute Gasteiger partial charge is 0.388 e. The molecule has 11 heavy (non-hydrogen) atoms. The van der Waals surface area contributed by atoms with Crippen LogP contribution in [0.2, 0.25) is 0 Å². The fourth-order valence-electron chi connectivity index (χ4n) is 0.492. The number of aliphatic hydroxyl groups excluding tert-OH is 3. The lowest BCUT2D eigenvalue weighted by molar-refractivity contribution is -0.143. The van der Waals surface area contributed by atoms with Gasteiger partial charge in [0.2, 0.25) is 0 Å². The van der Waals surface area contributed by atoms with Gasteiger partial charge in [-0.3, -0.25) is 9.59 Å². The van der Waals surface area contributed by atoms with Gasteiger partial charge in [0, 0.05) is 0 Å². The lowest BCUT2D eigenvalue weighted by Gasteiger charge is -2.11. The molecule has 0 saturated carbocycles. The van der Waals surface area contributed by atoms with Crippen molar-refractivity contribution in [2.24, 2.45) is 0 Å². The molecule has 0 heterocycles. The smallest absolute Gasteiger partial charge is 0.189 e. The zero-order valence-corrected chi connectivity index (χ0v) is 6.02. The first-order chi connectivity index (χ1) is 5.00. The number of aliphatic hydroxyl groups is 3. The third kappa shape index (κ3) is 2.75. The van der Waals surface area contributed by atoms with Crippen LogP contribution in [0.4, 0.5) is 0 Å². The Hall–Kier alpha value is -0.780. The number of ketones is 2. The molecule has 64 valence electrons. The average molecular weight is 162 g/mol. The summed E-state index contributed by atoms with van der Waals surface area (Å²) in [7, 11) is 0. The zero-order valence-electron chi connectivity index (χ0n) is 6.02. The average Bonchev–Trinajstić information content (AvgIpc) is 2.00. The molecule has 0 aliphatic rings. The predicted octanol–water partition coefficient (Wildman–Crippen LogP) is -2.14. The summed E-state index contributed by atoms with van der Waals surface area (Å²) in [5, 5.41) is 25.7. The van der Waals surface area contributed by atoms with Gasteiger partial charge in [0.15, 0.2) is 11.6 Å². The fraction of sp³-hybridized carbons (Fsp3) is 0.667. The predicted molar refractivity (Wildman–Crippen MR) is 34.8 cm³/mol. The van der Waals surface area contributed by atoms with Crippen LogP contribution in [0.3, 0.4) is 0 Å². The van der Waals surface area contributed by atoms with E-state index in [9.17, 15) is 9.59 Å². The molecule has 0 rings (SSSR count). The van der Waals surface area contributed by atoms with E-state index in [-0.39, 0.29) is 0 Å². The second-order valence-corrected chi connectivity index (χ2v) is 2.12. The highest BCUT2D eigenvalue weighted by molar-refractivity contribution is 5.92. The van der Waals surface area contributed by atoms with Crippen LogP contribution in [-0.2, 0) is 9.59 Å². The van der Waals surface area contributed by atoms with Crippen molar-refractivity contribution in [3.8, 4) is 0 Å². The minimum atomic E-state index is -1.81. The van der Waals surface area contributed by atoms with Crippen LogP contribution < -0.4 is 0 Å². The Morgan fingerprint density at radius 2 is 1.73 bits per heavy atom. The summed E-state index contributed by atoms with van der Waals surface area (Å²) < 4.78 is 0. The Bertz CT molecular complexity index is 164. The van der Waals surface area contributed by atoms with E-state index in [4.69, 9.17) is 15.3 Å². The van der Waals surface area contributed by atoms with Crippen LogP contribution in [-0.4, -0.2) is 45.7 Å². The van der Waals surface area contributed by atoms with Crippen LogP contribution >= 0.6 is 0 Å². The van der Waals surface area contributed by atoms with Gasteiger partial charge in [0.1, 0.15) is 18.8 Å². The van der Waals surface area contributed by atoms with Crippen molar-refractivity contribution in [2.45, 2.75) is 19.1 Å². The molecule has 2 unspecified atom stereocenters. The van der Waals surface area contributed by atoms with Crippen LogP contribution in [0.1, 0.15) is 6.92 Å². The molecule has 0 aliphatic carbocycles. The van der Waals surface area contributed by atoms with Crippen molar-refractivity contribution in [1.82, 2.24) is 0 Å². The molecule has 0 aromatic carbocycles. The van der Waals surface area contributed by atoms with Crippen LogP contribution in [0.25, 0.3) is 0 Å². The van der Waals surface area contributed by atoms with Gasteiger partial charge in [0.05, 0.1) is 0 Å². The first-order valence-corrected chi connectivity index (χ1v) is 3.01. The molecular weight excluding hydrogens is 152 g/mol. The highest BCUT2D eigenvalue weighted by atomic mass is 16.3. The van der Waals surface area contributed by atoms with Crippen LogP contribution in [0.15, 0.2) is 0 Å². The zero-order chi connectivity index (χ0) is 9.02.